The number of aliphatic hydroxyl groups is 1. The molecule has 0 aromatic heterocycles. The second-order valence-corrected chi connectivity index (χ2v) is 4.92. The molecule has 0 aliphatic rings. The minimum atomic E-state index is -0.226. The van der Waals surface area contributed by atoms with Gasteiger partial charge >= 0.3 is 0 Å². The summed E-state index contributed by atoms with van der Waals surface area (Å²) in [5.41, 5.74) is 3.36. The second-order valence-electron chi connectivity index (χ2n) is 4.92. The summed E-state index contributed by atoms with van der Waals surface area (Å²) < 4.78 is 5.13. The largest absolute Gasteiger partial charge is 0.496 e. The number of benzene rings is 2. The van der Waals surface area contributed by atoms with E-state index in [2.05, 4.69) is 5.32 Å². The van der Waals surface area contributed by atoms with Gasteiger partial charge in [0.05, 0.1) is 13.7 Å². The van der Waals surface area contributed by atoms with Gasteiger partial charge in [0.15, 0.2) is 0 Å². The molecule has 0 spiro atoms. The number of amides is 1. The third-order valence-electron chi connectivity index (χ3n) is 3.19. The molecule has 0 saturated heterocycles. The van der Waals surface area contributed by atoms with Gasteiger partial charge in [0, 0.05) is 17.3 Å². The average Bonchev–Trinajstić information content (AvgIpc) is 2.53. The van der Waals surface area contributed by atoms with E-state index in [4.69, 9.17) is 4.74 Å². The van der Waals surface area contributed by atoms with Crippen LogP contribution in [0, 0.1) is 6.92 Å². The monoisotopic (exact) mass is 297 g/mol. The minimum Gasteiger partial charge on any atom is -0.496 e. The first-order valence-electron chi connectivity index (χ1n) is 6.96. The number of aryl methyl sites for hydroxylation is 1. The Morgan fingerprint density at radius 1 is 1.27 bits per heavy atom. The van der Waals surface area contributed by atoms with Crippen molar-refractivity contribution in [2.75, 3.05) is 12.4 Å². The molecular weight excluding hydrogens is 278 g/mol. The Kier molecular flexibility index (Phi) is 5.33. The van der Waals surface area contributed by atoms with E-state index in [0.29, 0.717) is 17.0 Å². The van der Waals surface area contributed by atoms with Crippen LogP contribution < -0.4 is 10.1 Å². The summed E-state index contributed by atoms with van der Waals surface area (Å²) in [4.78, 5) is 11.9. The molecule has 4 nitrogen and oxygen atoms in total. The van der Waals surface area contributed by atoms with Crippen molar-refractivity contribution in [3.05, 3.63) is 65.2 Å². The predicted octanol–water partition coefficient (Wildman–Crippen LogP) is 3.15. The quantitative estimate of drug-likeness (QED) is 0.834. The first-order chi connectivity index (χ1) is 10.6. The van der Waals surface area contributed by atoms with Crippen LogP contribution in [0.15, 0.2) is 48.5 Å². The molecule has 0 saturated carbocycles. The summed E-state index contributed by atoms with van der Waals surface area (Å²) in [6.45, 7) is 1.86. The number of nitrogens with one attached hydrogen (secondary N) is 1. The summed E-state index contributed by atoms with van der Waals surface area (Å²) in [7, 11) is 1.54. The highest BCUT2D eigenvalue weighted by molar-refractivity contribution is 6.02. The SMILES string of the molecule is COc1ccc(NC(=O)/C=C/c2cccc(C)c2)cc1CO. The van der Waals surface area contributed by atoms with Crippen LogP contribution in [0.3, 0.4) is 0 Å². The molecule has 0 fully saturated rings. The van der Waals surface area contributed by atoms with E-state index in [-0.39, 0.29) is 12.5 Å². The highest BCUT2D eigenvalue weighted by Crippen LogP contribution is 2.22. The van der Waals surface area contributed by atoms with Gasteiger partial charge in [-0.15, -0.1) is 0 Å². The van der Waals surface area contributed by atoms with Crippen LogP contribution >= 0.6 is 0 Å². The number of ether oxygens (including phenoxy) is 1. The lowest BCUT2D eigenvalue weighted by atomic mass is 10.1. The number of carbonyl (C=O) groups excluding carboxylic acids is 1. The zero-order chi connectivity index (χ0) is 15.9. The summed E-state index contributed by atoms with van der Waals surface area (Å²) >= 11 is 0. The van der Waals surface area contributed by atoms with E-state index >= 15 is 0 Å². The molecule has 2 rings (SSSR count). The first kappa shape index (κ1) is 15.8. The third kappa shape index (κ3) is 4.20. The number of methoxy groups -OCH3 is 1. The molecule has 0 radical (unpaired) electrons. The van der Waals surface area contributed by atoms with Crippen LogP contribution in [0.1, 0.15) is 16.7 Å². The maximum Gasteiger partial charge on any atom is 0.248 e. The van der Waals surface area contributed by atoms with Crippen molar-refractivity contribution in [3.63, 3.8) is 0 Å². The topological polar surface area (TPSA) is 58.6 Å². The van der Waals surface area contributed by atoms with Gasteiger partial charge in [-0.1, -0.05) is 29.8 Å². The lowest BCUT2D eigenvalue weighted by Crippen LogP contribution is -2.08. The van der Waals surface area contributed by atoms with Gasteiger partial charge in [0.1, 0.15) is 5.75 Å². The van der Waals surface area contributed by atoms with Crippen molar-refractivity contribution < 1.29 is 14.6 Å². The summed E-state index contributed by atoms with van der Waals surface area (Å²) in [6.07, 6.45) is 3.25. The molecule has 0 aliphatic carbocycles. The number of hydrogen-bond donors (Lipinski definition) is 2. The normalized spacial score (nSPS) is 10.7. The van der Waals surface area contributed by atoms with Gasteiger partial charge in [-0.2, -0.15) is 0 Å². The maximum absolute atomic E-state index is 11.9. The molecule has 1 amide bonds. The number of hydrogen-bond acceptors (Lipinski definition) is 3. The zero-order valence-electron chi connectivity index (χ0n) is 12.7. The van der Waals surface area contributed by atoms with Crippen LogP contribution in [0.5, 0.6) is 5.75 Å². The van der Waals surface area contributed by atoms with Crippen LogP contribution in [0.25, 0.3) is 6.08 Å². The van der Waals surface area contributed by atoms with E-state index in [9.17, 15) is 9.90 Å². The van der Waals surface area contributed by atoms with Crippen LogP contribution in [0.2, 0.25) is 0 Å². The first-order valence-corrected chi connectivity index (χ1v) is 6.96. The third-order valence-corrected chi connectivity index (χ3v) is 3.19. The zero-order valence-corrected chi connectivity index (χ0v) is 12.7. The van der Waals surface area contributed by atoms with Crippen LogP contribution in [-0.4, -0.2) is 18.1 Å². The van der Waals surface area contributed by atoms with Gasteiger partial charge in [-0.3, -0.25) is 4.79 Å². The molecule has 0 bridgehead atoms. The molecule has 22 heavy (non-hydrogen) atoms. The number of rotatable bonds is 5. The van der Waals surface area contributed by atoms with Gasteiger partial charge < -0.3 is 15.2 Å². The minimum absolute atomic E-state index is 0.147. The molecule has 0 unspecified atom stereocenters. The average molecular weight is 297 g/mol. The van der Waals surface area contributed by atoms with Crippen molar-refractivity contribution in [3.8, 4) is 5.75 Å². The Morgan fingerprint density at radius 3 is 2.77 bits per heavy atom. The van der Waals surface area contributed by atoms with Gasteiger partial charge in [0.25, 0.3) is 0 Å². The fraction of sp³-hybridized carbons (Fsp3) is 0.167. The fourth-order valence-electron chi connectivity index (χ4n) is 2.11. The lowest BCUT2D eigenvalue weighted by Gasteiger charge is -2.09. The molecule has 0 atom stereocenters. The molecule has 2 aromatic rings. The Balaban J connectivity index is 2.06. The number of aliphatic hydroxyl groups excluding tert-OH is 1. The molecule has 0 aliphatic heterocycles. The van der Waals surface area contributed by atoms with Crippen molar-refractivity contribution in [1.82, 2.24) is 0 Å². The highest BCUT2D eigenvalue weighted by Gasteiger charge is 2.05. The molecule has 4 heteroatoms. The maximum atomic E-state index is 11.9. The summed E-state index contributed by atoms with van der Waals surface area (Å²) in [5.74, 6) is 0.367. The number of anilines is 1. The Labute approximate surface area is 130 Å². The van der Waals surface area contributed by atoms with Crippen molar-refractivity contribution in [1.29, 1.82) is 0 Å². The standard InChI is InChI=1S/C18H19NO3/c1-13-4-3-5-14(10-13)6-9-18(21)19-16-7-8-17(22-2)15(11-16)12-20/h3-11,20H,12H2,1-2H3,(H,19,21)/b9-6+. The lowest BCUT2D eigenvalue weighted by molar-refractivity contribution is -0.111. The van der Waals surface area contributed by atoms with Crippen molar-refractivity contribution in [2.24, 2.45) is 0 Å². The highest BCUT2D eigenvalue weighted by atomic mass is 16.5. The van der Waals surface area contributed by atoms with E-state index in [0.717, 1.165) is 11.1 Å². The molecular formula is C18H19NO3. The fourth-order valence-corrected chi connectivity index (χ4v) is 2.11. The number of carbonyl (C=O) groups is 1. The van der Waals surface area contributed by atoms with E-state index in [1.165, 1.54) is 13.2 Å². The van der Waals surface area contributed by atoms with Crippen LogP contribution in [-0.2, 0) is 11.4 Å². The summed E-state index contributed by atoms with van der Waals surface area (Å²) in [5, 5.41) is 12.0. The molecule has 0 heterocycles. The summed E-state index contributed by atoms with van der Waals surface area (Å²) in [6, 6.07) is 13.0. The van der Waals surface area contributed by atoms with Gasteiger partial charge in [-0.05, 0) is 36.8 Å². The van der Waals surface area contributed by atoms with E-state index in [1.807, 2.05) is 31.2 Å². The van der Waals surface area contributed by atoms with Gasteiger partial charge in [-0.25, -0.2) is 0 Å². The van der Waals surface area contributed by atoms with Gasteiger partial charge in [0.2, 0.25) is 5.91 Å². The molecule has 114 valence electrons. The molecule has 2 aromatic carbocycles. The van der Waals surface area contributed by atoms with E-state index < -0.39 is 0 Å². The van der Waals surface area contributed by atoms with E-state index in [1.54, 1.807) is 24.3 Å². The Hall–Kier alpha value is -2.59. The second kappa shape index (κ2) is 7.43. The van der Waals surface area contributed by atoms with Crippen molar-refractivity contribution >= 4 is 17.7 Å². The Morgan fingerprint density at radius 2 is 2.09 bits per heavy atom. The van der Waals surface area contributed by atoms with Crippen LogP contribution in [0.4, 0.5) is 5.69 Å². The smallest absolute Gasteiger partial charge is 0.248 e. The van der Waals surface area contributed by atoms with Crippen molar-refractivity contribution in [2.45, 2.75) is 13.5 Å². The predicted molar refractivity (Wildman–Crippen MR) is 87.8 cm³/mol. The molecule has 2 N–H and O–H groups in total. The Bertz CT molecular complexity index is 692.